The zero-order valence-corrected chi connectivity index (χ0v) is 12.7. The molecular weight excluding hydrogens is 278 g/mol. The Kier molecular flexibility index (Phi) is 3.79. The molecule has 1 aromatic heterocycles. The van der Waals surface area contributed by atoms with E-state index in [1.165, 1.54) is 10.7 Å². The summed E-state index contributed by atoms with van der Waals surface area (Å²) in [7, 11) is 0. The Labute approximate surface area is 129 Å². The number of hydrogen-bond acceptors (Lipinski definition) is 3. The van der Waals surface area contributed by atoms with Crippen LogP contribution in [-0.4, -0.2) is 15.7 Å². The molecule has 1 unspecified atom stereocenters. The number of carbonyl (C=O) groups excluding carboxylic acids is 1. The number of hydrogen-bond donors (Lipinski definition) is 1. The Morgan fingerprint density at radius 1 is 1.32 bits per heavy atom. The van der Waals surface area contributed by atoms with Crippen LogP contribution < -0.4 is 10.9 Å². The second kappa shape index (κ2) is 5.75. The van der Waals surface area contributed by atoms with Crippen LogP contribution in [0, 0.1) is 6.92 Å². The third kappa shape index (κ3) is 3.08. The van der Waals surface area contributed by atoms with Gasteiger partial charge in [-0.05, 0) is 50.5 Å². The molecule has 1 atom stereocenters. The maximum atomic E-state index is 12.4. The number of nitrogens with zero attached hydrogens (tertiary/aromatic N) is 2. The summed E-state index contributed by atoms with van der Waals surface area (Å²) in [5, 5.41) is 7.19. The fourth-order valence-corrected chi connectivity index (χ4v) is 2.39. The number of benzene rings is 1. The van der Waals surface area contributed by atoms with E-state index in [2.05, 4.69) is 10.4 Å². The van der Waals surface area contributed by atoms with Crippen LogP contribution in [0.2, 0.25) is 0 Å². The van der Waals surface area contributed by atoms with Gasteiger partial charge in [0.15, 0.2) is 0 Å². The van der Waals surface area contributed by atoms with Crippen molar-refractivity contribution < 1.29 is 4.79 Å². The number of aryl methyl sites for hydroxylation is 1. The van der Waals surface area contributed by atoms with Gasteiger partial charge in [0.05, 0.1) is 5.69 Å². The van der Waals surface area contributed by atoms with Crippen molar-refractivity contribution in [2.75, 3.05) is 5.32 Å². The normalized spacial score (nSPS) is 15.4. The van der Waals surface area contributed by atoms with Gasteiger partial charge in [-0.2, -0.15) is 5.10 Å². The topological polar surface area (TPSA) is 64.0 Å². The minimum Gasteiger partial charge on any atom is -0.324 e. The highest BCUT2D eigenvalue weighted by molar-refractivity contribution is 5.93. The first kappa shape index (κ1) is 14.5. The second-order valence-electron chi connectivity index (χ2n) is 5.85. The molecule has 114 valence electrons. The minimum atomic E-state index is -0.647. The van der Waals surface area contributed by atoms with Crippen molar-refractivity contribution in [3.05, 3.63) is 58.0 Å². The molecule has 3 rings (SSSR count). The first-order chi connectivity index (χ1) is 10.5. The van der Waals surface area contributed by atoms with Crippen LogP contribution in [0.5, 0.6) is 0 Å². The fourth-order valence-electron chi connectivity index (χ4n) is 2.39. The van der Waals surface area contributed by atoms with E-state index in [0.717, 1.165) is 29.8 Å². The molecule has 5 nitrogen and oxygen atoms in total. The molecule has 1 aliphatic carbocycles. The number of amides is 1. The summed E-state index contributed by atoms with van der Waals surface area (Å²) >= 11 is 0. The zero-order valence-electron chi connectivity index (χ0n) is 12.7. The standard InChI is InChI=1S/C17H19N3O2/c1-11-4-3-5-14(10-11)18-17(22)12(2)20-16(21)9-8-15(19-20)13-6-7-13/h3-5,8-10,12-13H,6-7H2,1-2H3,(H,18,22). The summed E-state index contributed by atoms with van der Waals surface area (Å²) in [4.78, 5) is 24.3. The SMILES string of the molecule is Cc1cccc(NC(=O)C(C)n2nc(C3CC3)ccc2=O)c1. The average molecular weight is 297 g/mol. The molecule has 1 amide bonds. The lowest BCUT2D eigenvalue weighted by molar-refractivity contribution is -0.119. The quantitative estimate of drug-likeness (QED) is 0.943. The zero-order chi connectivity index (χ0) is 15.7. The molecule has 0 aliphatic heterocycles. The molecule has 1 N–H and O–H groups in total. The third-order valence-corrected chi connectivity index (χ3v) is 3.87. The van der Waals surface area contributed by atoms with Crippen molar-refractivity contribution in [2.24, 2.45) is 0 Å². The molecule has 5 heteroatoms. The summed E-state index contributed by atoms with van der Waals surface area (Å²) in [5.41, 5.74) is 2.44. The fraction of sp³-hybridized carbons (Fsp3) is 0.353. The number of carbonyl (C=O) groups is 1. The van der Waals surface area contributed by atoms with Crippen LogP contribution in [0.3, 0.4) is 0 Å². The van der Waals surface area contributed by atoms with E-state index in [9.17, 15) is 9.59 Å². The van der Waals surface area contributed by atoms with Gasteiger partial charge in [-0.15, -0.1) is 0 Å². The Morgan fingerprint density at radius 3 is 2.77 bits per heavy atom. The summed E-state index contributed by atoms with van der Waals surface area (Å²) in [5.74, 6) is 0.201. The highest BCUT2D eigenvalue weighted by atomic mass is 16.2. The van der Waals surface area contributed by atoms with Crippen LogP contribution in [0.15, 0.2) is 41.2 Å². The lowest BCUT2D eigenvalue weighted by Crippen LogP contribution is -2.33. The van der Waals surface area contributed by atoms with E-state index in [4.69, 9.17) is 0 Å². The molecule has 2 aromatic rings. The van der Waals surface area contributed by atoms with E-state index in [1.807, 2.05) is 31.2 Å². The maximum absolute atomic E-state index is 12.4. The molecule has 0 spiro atoms. The van der Waals surface area contributed by atoms with Crippen LogP contribution in [-0.2, 0) is 4.79 Å². The monoisotopic (exact) mass is 297 g/mol. The van der Waals surface area contributed by atoms with Crippen molar-refractivity contribution in [1.82, 2.24) is 9.78 Å². The van der Waals surface area contributed by atoms with Crippen LogP contribution in [0.25, 0.3) is 0 Å². The first-order valence-corrected chi connectivity index (χ1v) is 7.52. The molecule has 1 fully saturated rings. The van der Waals surface area contributed by atoms with Crippen molar-refractivity contribution in [1.29, 1.82) is 0 Å². The molecular formula is C17H19N3O2. The third-order valence-electron chi connectivity index (χ3n) is 3.87. The molecule has 22 heavy (non-hydrogen) atoms. The molecule has 1 saturated carbocycles. The predicted molar refractivity (Wildman–Crippen MR) is 85.0 cm³/mol. The van der Waals surface area contributed by atoms with E-state index < -0.39 is 6.04 Å². The summed E-state index contributed by atoms with van der Waals surface area (Å²) in [6.45, 7) is 3.65. The van der Waals surface area contributed by atoms with E-state index in [1.54, 1.807) is 13.0 Å². The van der Waals surface area contributed by atoms with Gasteiger partial charge in [0, 0.05) is 17.7 Å². The van der Waals surface area contributed by atoms with Crippen molar-refractivity contribution in [3.63, 3.8) is 0 Å². The van der Waals surface area contributed by atoms with E-state index >= 15 is 0 Å². The number of rotatable bonds is 4. The van der Waals surface area contributed by atoms with Gasteiger partial charge >= 0.3 is 0 Å². The van der Waals surface area contributed by atoms with Gasteiger partial charge in [0.1, 0.15) is 6.04 Å². The Morgan fingerprint density at radius 2 is 2.09 bits per heavy atom. The van der Waals surface area contributed by atoms with Crippen molar-refractivity contribution >= 4 is 11.6 Å². The Bertz CT molecular complexity index is 762. The van der Waals surface area contributed by atoms with Crippen LogP contribution in [0.4, 0.5) is 5.69 Å². The smallest absolute Gasteiger partial charge is 0.267 e. The van der Waals surface area contributed by atoms with Gasteiger partial charge in [0.25, 0.3) is 5.56 Å². The lowest BCUT2D eigenvalue weighted by Gasteiger charge is -2.15. The number of anilines is 1. The lowest BCUT2D eigenvalue weighted by atomic mass is 10.2. The van der Waals surface area contributed by atoms with Crippen molar-refractivity contribution in [3.8, 4) is 0 Å². The molecule has 1 aromatic carbocycles. The van der Waals surface area contributed by atoms with Gasteiger partial charge in [-0.1, -0.05) is 12.1 Å². The van der Waals surface area contributed by atoms with Gasteiger partial charge in [-0.3, -0.25) is 9.59 Å². The Balaban J connectivity index is 1.80. The largest absolute Gasteiger partial charge is 0.324 e. The molecule has 0 saturated heterocycles. The minimum absolute atomic E-state index is 0.242. The highest BCUT2D eigenvalue weighted by Gasteiger charge is 2.27. The Hall–Kier alpha value is -2.43. The molecule has 1 heterocycles. The number of aromatic nitrogens is 2. The highest BCUT2D eigenvalue weighted by Crippen LogP contribution is 2.38. The van der Waals surface area contributed by atoms with Gasteiger partial charge < -0.3 is 5.32 Å². The molecule has 0 bridgehead atoms. The summed E-state index contributed by atoms with van der Waals surface area (Å²) < 4.78 is 1.28. The molecule has 1 aliphatic rings. The van der Waals surface area contributed by atoms with Crippen LogP contribution in [0.1, 0.15) is 43.0 Å². The maximum Gasteiger partial charge on any atom is 0.267 e. The van der Waals surface area contributed by atoms with Gasteiger partial charge in [0.2, 0.25) is 5.91 Å². The van der Waals surface area contributed by atoms with E-state index in [-0.39, 0.29) is 11.5 Å². The van der Waals surface area contributed by atoms with Crippen molar-refractivity contribution in [2.45, 2.75) is 38.6 Å². The predicted octanol–water partition coefficient (Wildman–Crippen LogP) is 2.63. The second-order valence-corrected chi connectivity index (χ2v) is 5.85. The molecule has 0 radical (unpaired) electrons. The summed E-state index contributed by atoms with van der Waals surface area (Å²) in [6, 6.07) is 10.2. The average Bonchev–Trinajstić information content (AvgIpc) is 3.32. The summed E-state index contributed by atoms with van der Waals surface area (Å²) in [6.07, 6.45) is 2.21. The van der Waals surface area contributed by atoms with Gasteiger partial charge in [-0.25, -0.2) is 4.68 Å². The first-order valence-electron chi connectivity index (χ1n) is 7.52. The van der Waals surface area contributed by atoms with E-state index in [0.29, 0.717) is 5.92 Å². The number of nitrogens with one attached hydrogen (secondary N) is 1. The van der Waals surface area contributed by atoms with Crippen LogP contribution >= 0.6 is 0 Å².